The molecule has 1 aromatic rings. The molecule has 0 unspecified atom stereocenters. The Morgan fingerprint density at radius 2 is 1.68 bits per heavy atom. The Bertz CT molecular complexity index is 416. The minimum Gasteiger partial charge on any atom is -0.299 e. The van der Waals surface area contributed by atoms with Gasteiger partial charge in [0.05, 0.1) is 6.42 Å². The molecule has 1 aliphatic carbocycles. The predicted molar refractivity (Wildman–Crippen MR) is 76.2 cm³/mol. The average Bonchev–Trinajstić information content (AvgIpc) is 2.47. The lowest BCUT2D eigenvalue weighted by molar-refractivity contribution is -0.118. The van der Waals surface area contributed by atoms with Crippen molar-refractivity contribution in [3.05, 3.63) is 35.9 Å². The summed E-state index contributed by atoms with van der Waals surface area (Å²) in [6, 6.07) is 9.09. The molecule has 19 heavy (non-hydrogen) atoms. The molecule has 1 aliphatic rings. The number of ketones is 2. The third kappa shape index (κ3) is 4.62. The largest absolute Gasteiger partial charge is 0.299 e. The van der Waals surface area contributed by atoms with Crippen LogP contribution < -0.4 is 0 Å². The van der Waals surface area contributed by atoms with Crippen LogP contribution in [-0.4, -0.2) is 11.6 Å². The number of hydrogen-bond acceptors (Lipinski definition) is 2. The zero-order valence-electron chi connectivity index (χ0n) is 11.4. The maximum Gasteiger partial charge on any atom is 0.170 e. The molecule has 0 heterocycles. The fourth-order valence-corrected chi connectivity index (χ4v) is 2.83. The standard InChI is InChI=1S/C17H22O2/c18-16(12-11-14-7-3-1-4-8-14)13-17(19)15-9-5-2-6-10-15/h2,5-6,9-10,14H,1,3-4,7-8,11-13H2. The van der Waals surface area contributed by atoms with Crippen molar-refractivity contribution in [3.8, 4) is 0 Å². The Labute approximate surface area is 115 Å². The van der Waals surface area contributed by atoms with Gasteiger partial charge in [0, 0.05) is 12.0 Å². The summed E-state index contributed by atoms with van der Waals surface area (Å²) in [5.74, 6) is 0.762. The third-order valence-corrected chi connectivity index (χ3v) is 4.01. The number of rotatable bonds is 6. The van der Waals surface area contributed by atoms with Gasteiger partial charge in [0.2, 0.25) is 0 Å². The van der Waals surface area contributed by atoms with Crippen LogP contribution in [0.4, 0.5) is 0 Å². The van der Waals surface area contributed by atoms with Crippen LogP contribution in [0.2, 0.25) is 0 Å². The summed E-state index contributed by atoms with van der Waals surface area (Å²) >= 11 is 0. The van der Waals surface area contributed by atoms with Crippen LogP contribution in [0.1, 0.15) is 61.7 Å². The minimum absolute atomic E-state index is 0.0470. The van der Waals surface area contributed by atoms with E-state index < -0.39 is 0 Å². The van der Waals surface area contributed by atoms with Crippen molar-refractivity contribution in [2.24, 2.45) is 5.92 Å². The Balaban J connectivity index is 1.73. The zero-order chi connectivity index (χ0) is 13.5. The van der Waals surface area contributed by atoms with Gasteiger partial charge in [-0.1, -0.05) is 62.4 Å². The highest BCUT2D eigenvalue weighted by molar-refractivity contribution is 6.07. The maximum absolute atomic E-state index is 11.9. The van der Waals surface area contributed by atoms with Crippen LogP contribution in [0.5, 0.6) is 0 Å². The summed E-state index contributed by atoms with van der Waals surface area (Å²) in [7, 11) is 0. The molecule has 102 valence electrons. The number of carbonyl (C=O) groups is 2. The number of hydrogen-bond donors (Lipinski definition) is 0. The van der Waals surface area contributed by atoms with Crippen LogP contribution in [0.3, 0.4) is 0 Å². The third-order valence-electron chi connectivity index (χ3n) is 4.01. The highest BCUT2D eigenvalue weighted by Gasteiger charge is 2.16. The first-order chi connectivity index (χ1) is 9.25. The Morgan fingerprint density at radius 1 is 1.00 bits per heavy atom. The van der Waals surface area contributed by atoms with Gasteiger partial charge in [-0.15, -0.1) is 0 Å². The van der Waals surface area contributed by atoms with E-state index >= 15 is 0 Å². The minimum atomic E-state index is -0.0470. The second-order valence-electron chi connectivity index (χ2n) is 5.55. The second kappa shape index (κ2) is 7.22. The van der Waals surface area contributed by atoms with E-state index in [1.54, 1.807) is 12.1 Å². The van der Waals surface area contributed by atoms with Crippen molar-refractivity contribution >= 4 is 11.6 Å². The lowest BCUT2D eigenvalue weighted by Crippen LogP contribution is -2.12. The molecule has 0 aliphatic heterocycles. The molecular formula is C17H22O2. The van der Waals surface area contributed by atoms with E-state index in [9.17, 15) is 9.59 Å². The first-order valence-electron chi connectivity index (χ1n) is 7.35. The molecule has 2 nitrogen and oxygen atoms in total. The van der Waals surface area contributed by atoms with Gasteiger partial charge in [0.15, 0.2) is 5.78 Å². The predicted octanol–water partition coefficient (Wildman–Crippen LogP) is 4.19. The van der Waals surface area contributed by atoms with Crippen LogP contribution in [-0.2, 0) is 4.79 Å². The van der Waals surface area contributed by atoms with E-state index in [-0.39, 0.29) is 18.0 Å². The van der Waals surface area contributed by atoms with E-state index in [0.29, 0.717) is 17.9 Å². The zero-order valence-corrected chi connectivity index (χ0v) is 11.4. The second-order valence-corrected chi connectivity index (χ2v) is 5.55. The lowest BCUT2D eigenvalue weighted by atomic mass is 9.85. The highest BCUT2D eigenvalue weighted by Crippen LogP contribution is 2.27. The molecule has 0 saturated heterocycles. The van der Waals surface area contributed by atoms with Crippen LogP contribution in [0, 0.1) is 5.92 Å². The van der Waals surface area contributed by atoms with E-state index in [4.69, 9.17) is 0 Å². The van der Waals surface area contributed by atoms with Crippen molar-refractivity contribution in [2.75, 3.05) is 0 Å². The number of Topliss-reactive ketones (excluding diaryl/α,β-unsaturated/α-hetero) is 2. The van der Waals surface area contributed by atoms with Gasteiger partial charge in [-0.2, -0.15) is 0 Å². The molecule has 2 rings (SSSR count). The summed E-state index contributed by atoms with van der Waals surface area (Å²) in [5, 5.41) is 0. The van der Waals surface area contributed by atoms with Crippen molar-refractivity contribution < 1.29 is 9.59 Å². The summed E-state index contributed by atoms with van der Waals surface area (Å²) < 4.78 is 0. The molecule has 0 spiro atoms. The number of benzene rings is 1. The monoisotopic (exact) mass is 258 g/mol. The molecule has 0 aromatic heterocycles. The first kappa shape index (κ1) is 14.0. The van der Waals surface area contributed by atoms with Crippen LogP contribution in [0.15, 0.2) is 30.3 Å². The van der Waals surface area contributed by atoms with E-state index in [1.807, 2.05) is 18.2 Å². The van der Waals surface area contributed by atoms with Gasteiger partial charge >= 0.3 is 0 Å². The topological polar surface area (TPSA) is 34.1 Å². The molecule has 1 aromatic carbocycles. The van der Waals surface area contributed by atoms with Crippen LogP contribution in [0.25, 0.3) is 0 Å². The SMILES string of the molecule is O=C(CCC1CCCCC1)CC(=O)c1ccccc1. The summed E-state index contributed by atoms with van der Waals surface area (Å²) in [5.41, 5.74) is 0.647. The first-order valence-corrected chi connectivity index (χ1v) is 7.35. The normalized spacial score (nSPS) is 16.2. The molecule has 2 heteroatoms. The van der Waals surface area contributed by atoms with Gasteiger partial charge in [-0.3, -0.25) is 9.59 Å². The molecule has 0 bridgehead atoms. The average molecular weight is 258 g/mol. The summed E-state index contributed by atoms with van der Waals surface area (Å²) in [6.45, 7) is 0. The van der Waals surface area contributed by atoms with Gasteiger partial charge in [0.25, 0.3) is 0 Å². The molecule has 1 fully saturated rings. The summed E-state index contributed by atoms with van der Waals surface area (Å²) in [6.07, 6.45) is 8.10. The quantitative estimate of drug-likeness (QED) is 0.566. The van der Waals surface area contributed by atoms with Gasteiger partial charge in [-0.25, -0.2) is 0 Å². The van der Waals surface area contributed by atoms with Gasteiger partial charge < -0.3 is 0 Å². The highest BCUT2D eigenvalue weighted by atomic mass is 16.1. The molecular weight excluding hydrogens is 236 g/mol. The Kier molecular flexibility index (Phi) is 5.31. The van der Waals surface area contributed by atoms with Crippen molar-refractivity contribution in [1.29, 1.82) is 0 Å². The van der Waals surface area contributed by atoms with Gasteiger partial charge in [-0.05, 0) is 12.3 Å². The van der Waals surface area contributed by atoms with E-state index in [0.717, 1.165) is 6.42 Å². The van der Waals surface area contributed by atoms with Gasteiger partial charge in [0.1, 0.15) is 5.78 Å². The molecule has 0 atom stereocenters. The Hall–Kier alpha value is -1.44. The Morgan fingerprint density at radius 3 is 2.37 bits per heavy atom. The number of carbonyl (C=O) groups excluding carboxylic acids is 2. The van der Waals surface area contributed by atoms with Crippen molar-refractivity contribution in [2.45, 2.75) is 51.4 Å². The molecule has 0 radical (unpaired) electrons. The maximum atomic E-state index is 11.9. The fourth-order valence-electron chi connectivity index (χ4n) is 2.83. The molecule has 0 N–H and O–H groups in total. The van der Waals surface area contributed by atoms with E-state index in [1.165, 1.54) is 32.1 Å². The van der Waals surface area contributed by atoms with Crippen molar-refractivity contribution in [1.82, 2.24) is 0 Å². The smallest absolute Gasteiger partial charge is 0.170 e. The molecule has 0 amide bonds. The van der Waals surface area contributed by atoms with E-state index in [2.05, 4.69) is 0 Å². The fraction of sp³-hybridized carbons (Fsp3) is 0.529. The lowest BCUT2D eigenvalue weighted by Gasteiger charge is -2.20. The summed E-state index contributed by atoms with van der Waals surface area (Å²) in [4.78, 5) is 23.7. The van der Waals surface area contributed by atoms with Crippen molar-refractivity contribution in [3.63, 3.8) is 0 Å². The molecule has 1 saturated carbocycles. The van der Waals surface area contributed by atoms with Crippen LogP contribution >= 0.6 is 0 Å².